The molecule has 4 N–H and O–H groups in total. The first kappa shape index (κ1) is 19.7. The minimum absolute atomic E-state index is 0.00464. The molecular formula is C22H26N2O4. The maximum absolute atomic E-state index is 11.8. The Bertz CT molecular complexity index is 921. The quantitative estimate of drug-likeness (QED) is 0.598. The molecule has 6 heteroatoms. The van der Waals surface area contributed by atoms with Gasteiger partial charge < -0.3 is 20.8 Å². The van der Waals surface area contributed by atoms with Gasteiger partial charge in [-0.15, -0.1) is 0 Å². The average molecular weight is 382 g/mol. The number of carboxylic acids is 2. The highest BCUT2D eigenvalue weighted by atomic mass is 16.4. The zero-order valence-electron chi connectivity index (χ0n) is 16.5. The lowest BCUT2D eigenvalue weighted by Gasteiger charge is -2.49. The molecule has 0 aliphatic carbocycles. The van der Waals surface area contributed by atoms with Crippen LogP contribution < -0.4 is 10.6 Å². The van der Waals surface area contributed by atoms with Crippen LogP contribution in [0.1, 0.15) is 60.0 Å². The topological polar surface area (TPSA) is 98.7 Å². The summed E-state index contributed by atoms with van der Waals surface area (Å²) in [6.45, 7) is 8.41. The number of carbonyl (C=O) groups is 2. The summed E-state index contributed by atoms with van der Waals surface area (Å²) in [6, 6.07) is 11.7. The summed E-state index contributed by atoms with van der Waals surface area (Å²) in [4.78, 5) is 23.4. The molecule has 0 bridgehead atoms. The second kappa shape index (κ2) is 7.19. The molecule has 0 amide bonds. The van der Waals surface area contributed by atoms with Crippen LogP contribution in [0.25, 0.3) is 0 Å². The number of fused-ring (bicyclic) bond motifs is 1. The number of rotatable bonds is 5. The summed E-state index contributed by atoms with van der Waals surface area (Å²) >= 11 is 0. The molecule has 2 atom stereocenters. The van der Waals surface area contributed by atoms with Gasteiger partial charge in [-0.25, -0.2) is 9.59 Å². The Balaban J connectivity index is 2.17. The molecule has 28 heavy (non-hydrogen) atoms. The van der Waals surface area contributed by atoms with Crippen molar-refractivity contribution in [3.8, 4) is 0 Å². The van der Waals surface area contributed by atoms with Crippen molar-refractivity contribution in [1.82, 2.24) is 0 Å². The maximum Gasteiger partial charge on any atom is 0.337 e. The van der Waals surface area contributed by atoms with E-state index in [0.717, 1.165) is 5.56 Å². The van der Waals surface area contributed by atoms with E-state index in [9.17, 15) is 19.8 Å². The van der Waals surface area contributed by atoms with E-state index in [4.69, 9.17) is 0 Å². The van der Waals surface area contributed by atoms with Crippen molar-refractivity contribution in [2.75, 3.05) is 10.6 Å². The molecule has 1 heterocycles. The van der Waals surface area contributed by atoms with Crippen LogP contribution in [0, 0.1) is 11.3 Å². The molecule has 1 aliphatic heterocycles. The van der Waals surface area contributed by atoms with Gasteiger partial charge >= 0.3 is 11.9 Å². The van der Waals surface area contributed by atoms with Gasteiger partial charge in [0.05, 0.1) is 22.9 Å². The maximum atomic E-state index is 11.8. The fraction of sp³-hybridized carbons (Fsp3) is 0.364. The Morgan fingerprint density at radius 1 is 1.00 bits per heavy atom. The van der Waals surface area contributed by atoms with E-state index in [0.29, 0.717) is 11.4 Å². The van der Waals surface area contributed by atoms with Gasteiger partial charge in [0, 0.05) is 17.1 Å². The third kappa shape index (κ3) is 3.30. The summed E-state index contributed by atoms with van der Waals surface area (Å²) in [6.07, 6.45) is 0. The minimum atomic E-state index is -1.00. The Hall–Kier alpha value is -3.02. The van der Waals surface area contributed by atoms with Crippen LogP contribution in [-0.4, -0.2) is 28.2 Å². The van der Waals surface area contributed by atoms with Crippen molar-refractivity contribution in [2.45, 2.75) is 39.8 Å². The van der Waals surface area contributed by atoms with Crippen LogP contribution in [0.2, 0.25) is 0 Å². The second-order valence-electron chi connectivity index (χ2n) is 8.19. The van der Waals surface area contributed by atoms with Gasteiger partial charge in [0.2, 0.25) is 0 Å². The number of benzene rings is 2. The monoisotopic (exact) mass is 382 g/mol. The van der Waals surface area contributed by atoms with Crippen LogP contribution in [0.3, 0.4) is 0 Å². The molecule has 148 valence electrons. The number of carboxylic acid groups (broad SMARTS) is 2. The van der Waals surface area contributed by atoms with E-state index < -0.39 is 11.9 Å². The first-order valence-electron chi connectivity index (χ1n) is 9.36. The van der Waals surface area contributed by atoms with Gasteiger partial charge in [0.15, 0.2) is 0 Å². The molecule has 0 spiro atoms. The van der Waals surface area contributed by atoms with Crippen LogP contribution in [0.15, 0.2) is 42.5 Å². The minimum Gasteiger partial charge on any atom is -0.478 e. The van der Waals surface area contributed by atoms with Gasteiger partial charge in [-0.3, -0.25) is 0 Å². The Morgan fingerprint density at radius 3 is 2.21 bits per heavy atom. The number of hydrogen-bond acceptors (Lipinski definition) is 4. The van der Waals surface area contributed by atoms with E-state index in [-0.39, 0.29) is 34.5 Å². The average Bonchev–Trinajstić information content (AvgIpc) is 2.62. The highest BCUT2D eigenvalue weighted by Crippen LogP contribution is 2.49. The molecule has 1 aliphatic rings. The second-order valence-corrected chi connectivity index (χ2v) is 8.19. The van der Waals surface area contributed by atoms with Crippen molar-refractivity contribution in [3.05, 3.63) is 59.2 Å². The third-order valence-electron chi connectivity index (χ3n) is 5.61. The predicted octanol–water partition coefficient (Wildman–Crippen LogP) is 4.71. The first-order valence-corrected chi connectivity index (χ1v) is 9.36. The van der Waals surface area contributed by atoms with Crippen molar-refractivity contribution < 1.29 is 19.8 Å². The van der Waals surface area contributed by atoms with Crippen LogP contribution in [0.5, 0.6) is 0 Å². The predicted molar refractivity (Wildman–Crippen MR) is 109 cm³/mol. The van der Waals surface area contributed by atoms with E-state index in [1.807, 2.05) is 6.07 Å². The summed E-state index contributed by atoms with van der Waals surface area (Å²) in [5, 5.41) is 26.1. The smallest absolute Gasteiger partial charge is 0.337 e. The lowest BCUT2D eigenvalue weighted by atomic mass is 9.67. The number of anilines is 2. The number of aromatic carboxylic acids is 2. The third-order valence-corrected chi connectivity index (χ3v) is 5.61. The zero-order valence-corrected chi connectivity index (χ0v) is 16.5. The fourth-order valence-corrected chi connectivity index (χ4v) is 4.31. The van der Waals surface area contributed by atoms with Gasteiger partial charge in [0.25, 0.3) is 0 Å². The molecule has 0 saturated carbocycles. The van der Waals surface area contributed by atoms with Crippen molar-refractivity contribution in [2.24, 2.45) is 11.3 Å². The SMILES string of the molecule is CC(C)[C@@H]1Nc2c(C(=O)O)cccc2[C@H](Nc2ccccc2C(=O)O)C1(C)C. The summed E-state index contributed by atoms with van der Waals surface area (Å²) in [5.74, 6) is -1.75. The van der Waals surface area contributed by atoms with Gasteiger partial charge in [-0.1, -0.05) is 52.0 Å². The molecule has 3 rings (SSSR count). The van der Waals surface area contributed by atoms with Gasteiger partial charge in [0.1, 0.15) is 0 Å². The molecule has 6 nitrogen and oxygen atoms in total. The van der Waals surface area contributed by atoms with Crippen LogP contribution in [0.4, 0.5) is 11.4 Å². The Kier molecular flexibility index (Phi) is 5.06. The standard InChI is InChI=1S/C22H26N2O4/c1-12(2)18-22(3,4)19(23-16-11-6-5-8-13(16)20(25)26)14-9-7-10-15(21(27)28)17(14)24-18/h5-12,18-19,23-24H,1-4H3,(H,25,26)(H,27,28)/t18-,19-/m0/s1. The highest BCUT2D eigenvalue weighted by molar-refractivity contribution is 5.96. The van der Waals surface area contributed by atoms with Crippen LogP contribution >= 0.6 is 0 Å². The zero-order chi connectivity index (χ0) is 20.6. The summed E-state index contributed by atoms with van der Waals surface area (Å²) in [5.41, 5.74) is 2.03. The molecule has 0 saturated heterocycles. The van der Waals surface area contributed by atoms with E-state index >= 15 is 0 Å². The van der Waals surface area contributed by atoms with E-state index in [1.54, 1.807) is 36.4 Å². The molecule has 0 fully saturated rings. The molecule has 2 aromatic carbocycles. The van der Waals surface area contributed by atoms with Gasteiger partial charge in [-0.2, -0.15) is 0 Å². The molecule has 2 aromatic rings. The van der Waals surface area contributed by atoms with Crippen LogP contribution in [-0.2, 0) is 0 Å². The molecular weight excluding hydrogens is 356 g/mol. The van der Waals surface area contributed by atoms with Crippen molar-refractivity contribution in [1.29, 1.82) is 0 Å². The van der Waals surface area contributed by atoms with Gasteiger partial charge in [-0.05, 0) is 29.7 Å². The lowest BCUT2D eigenvalue weighted by Crippen LogP contribution is -2.50. The highest BCUT2D eigenvalue weighted by Gasteiger charge is 2.45. The Morgan fingerprint density at radius 2 is 1.61 bits per heavy atom. The number of nitrogens with one attached hydrogen (secondary N) is 2. The van der Waals surface area contributed by atoms with E-state index in [1.165, 1.54) is 0 Å². The summed E-state index contributed by atoms with van der Waals surface area (Å²) < 4.78 is 0. The normalized spacial score (nSPS) is 20.2. The van der Waals surface area contributed by atoms with Crippen molar-refractivity contribution >= 4 is 23.3 Å². The lowest BCUT2D eigenvalue weighted by molar-refractivity contribution is 0.0687. The first-order chi connectivity index (χ1) is 13.1. The fourth-order valence-electron chi connectivity index (χ4n) is 4.31. The van der Waals surface area contributed by atoms with E-state index in [2.05, 4.69) is 38.3 Å². The molecule has 0 aromatic heterocycles. The Labute approximate surface area is 164 Å². The van der Waals surface area contributed by atoms with Crippen molar-refractivity contribution in [3.63, 3.8) is 0 Å². The number of hydrogen-bond donors (Lipinski definition) is 4. The number of para-hydroxylation sites is 2. The largest absolute Gasteiger partial charge is 0.478 e. The summed E-state index contributed by atoms with van der Waals surface area (Å²) in [7, 11) is 0. The molecule has 0 radical (unpaired) electrons. The molecule has 0 unspecified atom stereocenters.